The van der Waals surface area contributed by atoms with Crippen LogP contribution in [-0.4, -0.2) is 14.6 Å². The van der Waals surface area contributed by atoms with Crippen molar-refractivity contribution in [3.63, 3.8) is 0 Å². The molecule has 3 rings (SSSR count). The van der Waals surface area contributed by atoms with Gasteiger partial charge in [0.05, 0.1) is 0 Å². The van der Waals surface area contributed by atoms with E-state index in [2.05, 4.69) is 39.9 Å². The SMILES string of the molecule is Cc1cn2c(Cc3ccccc3)nnc2s1. The smallest absolute Gasteiger partial charge is 0.216 e. The molecule has 0 aliphatic heterocycles. The molecule has 0 spiro atoms. The van der Waals surface area contributed by atoms with Crippen molar-refractivity contribution in [2.45, 2.75) is 13.3 Å². The molecule has 80 valence electrons. The number of benzene rings is 1. The van der Waals surface area contributed by atoms with Gasteiger partial charge in [0.2, 0.25) is 4.96 Å². The van der Waals surface area contributed by atoms with E-state index in [1.165, 1.54) is 10.4 Å². The maximum atomic E-state index is 4.22. The Hall–Kier alpha value is -1.68. The van der Waals surface area contributed by atoms with Gasteiger partial charge in [-0.05, 0) is 12.5 Å². The van der Waals surface area contributed by atoms with Crippen LogP contribution >= 0.6 is 11.3 Å². The lowest BCUT2D eigenvalue weighted by atomic mass is 10.1. The third-order valence-corrected chi connectivity index (χ3v) is 3.39. The molecule has 16 heavy (non-hydrogen) atoms. The Kier molecular flexibility index (Phi) is 2.22. The first-order chi connectivity index (χ1) is 7.83. The first-order valence-electron chi connectivity index (χ1n) is 5.17. The van der Waals surface area contributed by atoms with E-state index in [1.54, 1.807) is 11.3 Å². The van der Waals surface area contributed by atoms with Crippen molar-refractivity contribution in [1.29, 1.82) is 0 Å². The van der Waals surface area contributed by atoms with Crippen LogP contribution < -0.4 is 0 Å². The van der Waals surface area contributed by atoms with Gasteiger partial charge in [0.25, 0.3) is 0 Å². The summed E-state index contributed by atoms with van der Waals surface area (Å²) >= 11 is 1.67. The Bertz CT molecular complexity index is 610. The molecule has 0 radical (unpaired) electrons. The number of aryl methyl sites for hydroxylation is 1. The summed E-state index contributed by atoms with van der Waals surface area (Å²) in [5.41, 5.74) is 1.26. The van der Waals surface area contributed by atoms with E-state index < -0.39 is 0 Å². The molecule has 0 amide bonds. The van der Waals surface area contributed by atoms with Crippen molar-refractivity contribution in [3.8, 4) is 0 Å². The number of hydrogen-bond donors (Lipinski definition) is 0. The second-order valence-electron chi connectivity index (χ2n) is 3.77. The monoisotopic (exact) mass is 229 g/mol. The fourth-order valence-electron chi connectivity index (χ4n) is 1.76. The van der Waals surface area contributed by atoms with Gasteiger partial charge in [-0.1, -0.05) is 41.7 Å². The molecule has 0 bridgehead atoms. The fourth-order valence-corrected chi connectivity index (χ4v) is 2.54. The predicted molar refractivity (Wildman–Crippen MR) is 64.8 cm³/mol. The van der Waals surface area contributed by atoms with Crippen LogP contribution in [0.15, 0.2) is 36.5 Å². The van der Waals surface area contributed by atoms with Gasteiger partial charge < -0.3 is 0 Å². The Morgan fingerprint density at radius 1 is 1.19 bits per heavy atom. The van der Waals surface area contributed by atoms with Crippen LogP contribution in [0, 0.1) is 6.92 Å². The molecule has 0 N–H and O–H groups in total. The Morgan fingerprint density at radius 2 is 2.00 bits per heavy atom. The molecule has 2 aromatic heterocycles. The summed E-state index contributed by atoms with van der Waals surface area (Å²) < 4.78 is 2.08. The summed E-state index contributed by atoms with van der Waals surface area (Å²) in [6, 6.07) is 10.3. The van der Waals surface area contributed by atoms with E-state index in [-0.39, 0.29) is 0 Å². The van der Waals surface area contributed by atoms with Crippen molar-refractivity contribution < 1.29 is 0 Å². The largest absolute Gasteiger partial charge is 0.276 e. The van der Waals surface area contributed by atoms with Crippen LogP contribution in [0.2, 0.25) is 0 Å². The number of aromatic nitrogens is 3. The van der Waals surface area contributed by atoms with Gasteiger partial charge in [0.1, 0.15) is 5.82 Å². The maximum Gasteiger partial charge on any atom is 0.216 e. The molecule has 0 saturated heterocycles. The van der Waals surface area contributed by atoms with Crippen LogP contribution in [0.4, 0.5) is 0 Å². The van der Waals surface area contributed by atoms with E-state index in [9.17, 15) is 0 Å². The van der Waals surface area contributed by atoms with Gasteiger partial charge >= 0.3 is 0 Å². The standard InChI is InChI=1S/C12H11N3S/c1-9-8-15-11(13-14-12(15)16-9)7-10-5-3-2-4-6-10/h2-6,8H,7H2,1H3. The summed E-state index contributed by atoms with van der Waals surface area (Å²) in [7, 11) is 0. The second kappa shape index (κ2) is 3.72. The average molecular weight is 229 g/mol. The van der Waals surface area contributed by atoms with Crippen molar-refractivity contribution in [2.24, 2.45) is 0 Å². The van der Waals surface area contributed by atoms with Crippen molar-refractivity contribution >= 4 is 16.3 Å². The van der Waals surface area contributed by atoms with Gasteiger partial charge in [-0.3, -0.25) is 4.40 Å². The summed E-state index contributed by atoms with van der Waals surface area (Å²) in [5.74, 6) is 1.01. The van der Waals surface area contributed by atoms with E-state index in [1.807, 2.05) is 18.2 Å². The Balaban J connectivity index is 2.00. The highest BCUT2D eigenvalue weighted by atomic mass is 32.1. The summed E-state index contributed by atoms with van der Waals surface area (Å²) in [4.78, 5) is 2.24. The normalized spacial score (nSPS) is 11.1. The zero-order valence-electron chi connectivity index (χ0n) is 8.92. The molecule has 4 heteroatoms. The van der Waals surface area contributed by atoms with Crippen molar-refractivity contribution in [1.82, 2.24) is 14.6 Å². The number of thiazole rings is 1. The number of hydrogen-bond acceptors (Lipinski definition) is 3. The van der Waals surface area contributed by atoms with Crippen LogP contribution in [0.1, 0.15) is 16.3 Å². The molecule has 0 saturated carbocycles. The van der Waals surface area contributed by atoms with E-state index >= 15 is 0 Å². The topological polar surface area (TPSA) is 30.2 Å². The average Bonchev–Trinajstić information content (AvgIpc) is 2.81. The van der Waals surface area contributed by atoms with E-state index in [0.29, 0.717) is 0 Å². The van der Waals surface area contributed by atoms with Gasteiger partial charge in [0, 0.05) is 17.5 Å². The predicted octanol–water partition coefficient (Wildman–Crippen LogP) is 2.69. The number of rotatable bonds is 2. The first kappa shape index (κ1) is 9.54. The molecule has 0 unspecified atom stereocenters. The third kappa shape index (κ3) is 1.61. The van der Waals surface area contributed by atoms with Gasteiger partial charge in [-0.2, -0.15) is 0 Å². The lowest BCUT2D eigenvalue weighted by Crippen LogP contribution is -1.94. The molecular weight excluding hydrogens is 218 g/mol. The molecule has 0 atom stereocenters. The molecule has 1 aromatic carbocycles. The minimum Gasteiger partial charge on any atom is -0.276 e. The van der Waals surface area contributed by atoms with Crippen molar-refractivity contribution in [2.75, 3.05) is 0 Å². The molecule has 2 heterocycles. The van der Waals surface area contributed by atoms with Gasteiger partial charge in [0.15, 0.2) is 0 Å². The van der Waals surface area contributed by atoms with Crippen LogP contribution in [-0.2, 0) is 6.42 Å². The number of fused-ring (bicyclic) bond motifs is 1. The zero-order valence-corrected chi connectivity index (χ0v) is 9.74. The molecule has 0 fully saturated rings. The quantitative estimate of drug-likeness (QED) is 0.676. The molecule has 3 nitrogen and oxygen atoms in total. The molecular formula is C12H11N3S. The van der Waals surface area contributed by atoms with Crippen molar-refractivity contribution in [3.05, 3.63) is 52.8 Å². The number of nitrogens with zero attached hydrogens (tertiary/aromatic N) is 3. The summed E-state index contributed by atoms with van der Waals surface area (Å²) in [6.07, 6.45) is 2.93. The van der Waals surface area contributed by atoms with Gasteiger partial charge in [-0.25, -0.2) is 0 Å². The minimum absolute atomic E-state index is 0.832. The van der Waals surface area contributed by atoms with Gasteiger partial charge in [-0.15, -0.1) is 10.2 Å². The molecule has 0 aliphatic carbocycles. The third-order valence-electron chi connectivity index (χ3n) is 2.50. The van der Waals surface area contributed by atoms with Crippen LogP contribution in [0.3, 0.4) is 0 Å². The van der Waals surface area contributed by atoms with Crippen LogP contribution in [0.5, 0.6) is 0 Å². The Morgan fingerprint density at radius 3 is 2.81 bits per heavy atom. The zero-order chi connectivity index (χ0) is 11.0. The minimum atomic E-state index is 0.832. The lowest BCUT2D eigenvalue weighted by Gasteiger charge is -1.97. The highest BCUT2D eigenvalue weighted by molar-refractivity contribution is 7.16. The molecule has 0 aliphatic rings. The maximum absolute atomic E-state index is 4.22. The summed E-state index contributed by atoms with van der Waals surface area (Å²) in [5, 5.41) is 8.38. The fraction of sp³-hybridized carbons (Fsp3) is 0.167. The highest BCUT2D eigenvalue weighted by Gasteiger charge is 2.08. The highest BCUT2D eigenvalue weighted by Crippen LogP contribution is 2.17. The Labute approximate surface area is 97.4 Å². The second-order valence-corrected chi connectivity index (χ2v) is 4.99. The lowest BCUT2D eigenvalue weighted by molar-refractivity contribution is 0.934. The summed E-state index contributed by atoms with van der Waals surface area (Å²) in [6.45, 7) is 2.09. The van der Waals surface area contributed by atoms with Crippen LogP contribution in [0.25, 0.3) is 4.96 Å². The van der Waals surface area contributed by atoms with E-state index in [0.717, 1.165) is 17.2 Å². The first-order valence-corrected chi connectivity index (χ1v) is 5.98. The van der Waals surface area contributed by atoms with E-state index in [4.69, 9.17) is 0 Å². The molecule has 3 aromatic rings.